The van der Waals surface area contributed by atoms with E-state index in [1.165, 1.54) is 0 Å². The molecule has 0 aliphatic carbocycles. The average Bonchev–Trinajstić information content (AvgIpc) is 3.47. The van der Waals surface area contributed by atoms with Crippen molar-refractivity contribution in [1.29, 1.82) is 0 Å². The van der Waals surface area contributed by atoms with Crippen molar-refractivity contribution in [3.63, 3.8) is 0 Å². The number of unbranched alkanes of at least 4 members (excludes halogenated alkanes) is 3. The van der Waals surface area contributed by atoms with Gasteiger partial charge in [0.1, 0.15) is 11.6 Å². The number of aliphatic hydroxyl groups is 1. The van der Waals surface area contributed by atoms with Gasteiger partial charge in [0, 0.05) is 31.1 Å². The first-order valence-corrected chi connectivity index (χ1v) is 14.1. The molecule has 3 fully saturated rings. The van der Waals surface area contributed by atoms with E-state index >= 15 is 0 Å². The van der Waals surface area contributed by atoms with Gasteiger partial charge in [0.15, 0.2) is 0 Å². The summed E-state index contributed by atoms with van der Waals surface area (Å²) in [5.74, 6) is -2.35. The number of hydrogen-bond donors (Lipinski definition) is 1. The molecule has 2 amide bonds. The predicted octanol–water partition coefficient (Wildman–Crippen LogP) is 3.07. The monoisotopic (exact) mass is 576 g/mol. The van der Waals surface area contributed by atoms with E-state index in [-0.39, 0.29) is 29.9 Å². The summed E-state index contributed by atoms with van der Waals surface area (Å²) in [5, 5.41) is 9.11. The summed E-state index contributed by atoms with van der Waals surface area (Å²) in [6, 6.07) is 8.88. The first-order valence-electron chi connectivity index (χ1n) is 13.2. The second-order valence-electron chi connectivity index (χ2n) is 10.1. The van der Waals surface area contributed by atoms with E-state index in [1.54, 1.807) is 22.8 Å². The number of likely N-dealkylation sites (tertiary alicyclic amines) is 1. The van der Waals surface area contributed by atoms with Crippen LogP contribution in [0.25, 0.3) is 0 Å². The molecule has 0 saturated carbocycles. The number of fused-ring (bicyclic) bond motifs is 1. The number of amides is 2. The Morgan fingerprint density at radius 2 is 2.00 bits per heavy atom. The van der Waals surface area contributed by atoms with E-state index in [0.29, 0.717) is 38.9 Å². The van der Waals surface area contributed by atoms with Gasteiger partial charge in [-0.05, 0) is 31.7 Å². The van der Waals surface area contributed by atoms with Crippen LogP contribution in [0, 0.1) is 11.8 Å². The van der Waals surface area contributed by atoms with Crippen LogP contribution in [-0.2, 0) is 30.4 Å². The highest BCUT2D eigenvalue weighted by Crippen LogP contribution is 2.60. The summed E-state index contributed by atoms with van der Waals surface area (Å²) in [6.45, 7) is 7.03. The molecule has 1 aromatic rings. The summed E-state index contributed by atoms with van der Waals surface area (Å²) in [6.07, 6.45) is 4.71. The summed E-state index contributed by atoms with van der Waals surface area (Å²) in [7, 11) is 0. The first kappa shape index (κ1) is 27.8. The van der Waals surface area contributed by atoms with E-state index in [9.17, 15) is 14.4 Å². The largest absolute Gasteiger partial charge is 0.466 e. The Bertz CT molecular complexity index is 990. The zero-order chi connectivity index (χ0) is 26.6. The highest BCUT2D eigenvalue weighted by Gasteiger charge is 2.77. The Kier molecular flexibility index (Phi) is 9.08. The number of esters is 1. The molecule has 3 heterocycles. The molecule has 6 atom stereocenters. The normalized spacial score (nSPS) is 29.9. The van der Waals surface area contributed by atoms with Crippen molar-refractivity contribution in [2.45, 2.75) is 68.1 Å². The van der Waals surface area contributed by atoms with Crippen molar-refractivity contribution in [1.82, 2.24) is 9.80 Å². The van der Waals surface area contributed by atoms with Gasteiger partial charge in [0.2, 0.25) is 11.8 Å². The van der Waals surface area contributed by atoms with Crippen LogP contribution in [-0.4, -0.2) is 81.6 Å². The van der Waals surface area contributed by atoms with Gasteiger partial charge in [-0.3, -0.25) is 14.4 Å². The maximum absolute atomic E-state index is 14.3. The second-order valence-corrected chi connectivity index (χ2v) is 11.3. The molecule has 2 bridgehead atoms. The quantitative estimate of drug-likeness (QED) is 0.168. The fourth-order valence-corrected chi connectivity index (χ4v) is 7.21. The molecule has 1 spiro atoms. The van der Waals surface area contributed by atoms with E-state index in [4.69, 9.17) is 14.6 Å². The highest BCUT2D eigenvalue weighted by atomic mass is 79.9. The average molecular weight is 578 g/mol. The van der Waals surface area contributed by atoms with Crippen molar-refractivity contribution in [3.8, 4) is 0 Å². The molecule has 37 heavy (non-hydrogen) atoms. The minimum absolute atomic E-state index is 0.133. The van der Waals surface area contributed by atoms with Gasteiger partial charge in [-0.15, -0.1) is 6.58 Å². The van der Waals surface area contributed by atoms with Gasteiger partial charge in [-0.1, -0.05) is 65.2 Å². The van der Waals surface area contributed by atoms with Crippen LogP contribution < -0.4 is 0 Å². The molecular formula is C28H37BrN2O6. The van der Waals surface area contributed by atoms with Crippen LogP contribution in [0.3, 0.4) is 0 Å². The van der Waals surface area contributed by atoms with Crippen molar-refractivity contribution >= 4 is 33.7 Å². The molecule has 4 rings (SSSR count). The SMILES string of the molecule is C=CCN(Cc1ccccc1)C(=O)[C@H]1N(CCCCCCO)C(=O)[C@@H]2[C@@H](C(=O)OCC)[C@@H]3O[C@@]21CC3Br. The van der Waals surface area contributed by atoms with Crippen LogP contribution in [0.15, 0.2) is 43.0 Å². The van der Waals surface area contributed by atoms with Gasteiger partial charge >= 0.3 is 5.97 Å². The molecule has 0 aromatic heterocycles. The number of carbonyl (C=O) groups excluding carboxylic acids is 3. The van der Waals surface area contributed by atoms with Gasteiger partial charge in [-0.25, -0.2) is 0 Å². The number of aliphatic hydroxyl groups excluding tert-OH is 1. The topological polar surface area (TPSA) is 96.4 Å². The Balaban J connectivity index is 1.68. The lowest BCUT2D eigenvalue weighted by Crippen LogP contribution is -2.56. The molecule has 3 aliphatic heterocycles. The fourth-order valence-electron chi connectivity index (χ4n) is 6.27. The lowest BCUT2D eigenvalue weighted by molar-refractivity contribution is -0.154. The number of benzene rings is 1. The van der Waals surface area contributed by atoms with Crippen molar-refractivity contribution < 1.29 is 29.0 Å². The van der Waals surface area contributed by atoms with E-state index < -0.39 is 35.6 Å². The number of carbonyl (C=O) groups is 3. The number of rotatable bonds is 13. The third-order valence-electron chi connectivity index (χ3n) is 7.77. The van der Waals surface area contributed by atoms with Crippen molar-refractivity contribution in [2.75, 3.05) is 26.3 Å². The highest BCUT2D eigenvalue weighted by molar-refractivity contribution is 9.09. The van der Waals surface area contributed by atoms with E-state index in [1.807, 2.05) is 30.3 Å². The van der Waals surface area contributed by atoms with Gasteiger partial charge < -0.3 is 24.4 Å². The third-order valence-corrected chi connectivity index (χ3v) is 8.61. The molecule has 1 aromatic carbocycles. The molecule has 3 aliphatic rings. The Hall–Kier alpha value is -2.23. The number of nitrogens with zero attached hydrogens (tertiary/aromatic N) is 2. The van der Waals surface area contributed by atoms with Gasteiger partial charge in [-0.2, -0.15) is 0 Å². The van der Waals surface area contributed by atoms with Crippen LogP contribution in [0.1, 0.15) is 44.6 Å². The maximum atomic E-state index is 14.3. The van der Waals surface area contributed by atoms with Crippen LogP contribution in [0.5, 0.6) is 0 Å². The maximum Gasteiger partial charge on any atom is 0.312 e. The minimum atomic E-state index is -1.09. The second kappa shape index (κ2) is 12.1. The van der Waals surface area contributed by atoms with Crippen LogP contribution >= 0.6 is 15.9 Å². The smallest absolute Gasteiger partial charge is 0.312 e. The molecule has 0 radical (unpaired) electrons. The Morgan fingerprint density at radius 3 is 2.68 bits per heavy atom. The number of alkyl halides is 1. The fraction of sp³-hybridized carbons (Fsp3) is 0.607. The van der Waals surface area contributed by atoms with E-state index in [2.05, 4.69) is 22.5 Å². The molecule has 1 unspecified atom stereocenters. The van der Waals surface area contributed by atoms with Crippen molar-refractivity contribution in [3.05, 3.63) is 48.6 Å². The summed E-state index contributed by atoms with van der Waals surface area (Å²) in [5.41, 5.74) is -0.114. The number of hydrogen-bond acceptors (Lipinski definition) is 6. The zero-order valence-electron chi connectivity index (χ0n) is 21.4. The molecular weight excluding hydrogens is 540 g/mol. The summed E-state index contributed by atoms with van der Waals surface area (Å²) >= 11 is 3.68. The lowest BCUT2D eigenvalue weighted by Gasteiger charge is -2.37. The molecule has 8 nitrogen and oxygen atoms in total. The molecule has 3 saturated heterocycles. The predicted molar refractivity (Wildman–Crippen MR) is 142 cm³/mol. The number of halogens is 1. The standard InChI is InChI=1S/C28H37BrN2O6/c1-3-14-30(18-19-12-8-7-9-13-19)26(34)24-28-17-20(29)23(37-28)21(27(35)36-4-2)22(28)25(33)31(24)15-10-5-6-11-16-32/h3,7-9,12-13,20-24,32H,1,4-6,10-11,14-18H2,2H3/t20?,21-,22+,23-,24-,28+/m1/s1. The zero-order valence-corrected chi connectivity index (χ0v) is 23.0. The summed E-state index contributed by atoms with van der Waals surface area (Å²) < 4.78 is 11.9. The molecule has 1 N–H and O–H groups in total. The van der Waals surface area contributed by atoms with Crippen LogP contribution in [0.4, 0.5) is 0 Å². The third kappa shape index (κ3) is 5.22. The Labute approximate surface area is 227 Å². The van der Waals surface area contributed by atoms with E-state index in [0.717, 1.165) is 18.4 Å². The van der Waals surface area contributed by atoms with Gasteiger partial charge in [0.25, 0.3) is 0 Å². The van der Waals surface area contributed by atoms with Crippen molar-refractivity contribution in [2.24, 2.45) is 11.8 Å². The molecule has 9 heteroatoms. The lowest BCUT2D eigenvalue weighted by atomic mass is 9.70. The number of ether oxygens (including phenoxy) is 2. The molecule has 202 valence electrons. The van der Waals surface area contributed by atoms with Crippen LogP contribution in [0.2, 0.25) is 0 Å². The minimum Gasteiger partial charge on any atom is -0.466 e. The first-order chi connectivity index (χ1) is 17.9. The van der Waals surface area contributed by atoms with Gasteiger partial charge in [0.05, 0.1) is 24.5 Å². The Morgan fingerprint density at radius 1 is 1.27 bits per heavy atom. The summed E-state index contributed by atoms with van der Waals surface area (Å²) in [4.78, 5) is 44.5.